The molecule has 1 atom stereocenters. The van der Waals surface area contributed by atoms with Gasteiger partial charge < -0.3 is 5.73 Å². The summed E-state index contributed by atoms with van der Waals surface area (Å²) in [4.78, 5) is 4.08. The van der Waals surface area contributed by atoms with Gasteiger partial charge in [0.15, 0.2) is 0 Å². The molecule has 0 saturated heterocycles. The van der Waals surface area contributed by atoms with Crippen LogP contribution in [0, 0.1) is 0 Å². The average Bonchev–Trinajstić information content (AvgIpc) is 2.86. The van der Waals surface area contributed by atoms with Crippen LogP contribution in [0.3, 0.4) is 0 Å². The monoisotopic (exact) mass is 202 g/mol. The number of nitrogens with two attached hydrogens (primary N) is 1. The van der Waals surface area contributed by atoms with E-state index in [2.05, 4.69) is 20.5 Å². The van der Waals surface area contributed by atoms with Gasteiger partial charge in [-0.1, -0.05) is 0 Å². The number of rotatable bonds is 1. The predicted octanol–water partition coefficient (Wildman–Crippen LogP) is -0.00980. The standard InChI is InChI=1S/C9H10N6/c10-9-8-4-7(15-5-12-13-14-15)3-6(8)1-2-11-9/h1-2,5,7H,3-4H2,(H2,10,11). The largest absolute Gasteiger partial charge is 0.383 e. The molecule has 6 heteroatoms. The molecule has 76 valence electrons. The minimum Gasteiger partial charge on any atom is -0.383 e. The first-order valence-electron chi connectivity index (χ1n) is 4.79. The lowest BCUT2D eigenvalue weighted by Crippen LogP contribution is -2.09. The summed E-state index contributed by atoms with van der Waals surface area (Å²) in [5.74, 6) is 0.628. The van der Waals surface area contributed by atoms with Crippen molar-refractivity contribution in [1.29, 1.82) is 0 Å². The normalized spacial score (nSPS) is 19.1. The zero-order chi connectivity index (χ0) is 10.3. The Morgan fingerprint density at radius 3 is 3.07 bits per heavy atom. The summed E-state index contributed by atoms with van der Waals surface area (Å²) >= 11 is 0. The van der Waals surface area contributed by atoms with E-state index in [0.29, 0.717) is 5.82 Å². The molecular formula is C9H10N6. The Morgan fingerprint density at radius 1 is 1.40 bits per heavy atom. The summed E-state index contributed by atoms with van der Waals surface area (Å²) < 4.78 is 1.78. The maximum atomic E-state index is 5.82. The number of fused-ring (bicyclic) bond motifs is 1. The van der Waals surface area contributed by atoms with Crippen molar-refractivity contribution in [1.82, 2.24) is 25.2 Å². The number of pyridine rings is 1. The van der Waals surface area contributed by atoms with Gasteiger partial charge in [0.25, 0.3) is 0 Å². The molecule has 2 aromatic rings. The summed E-state index contributed by atoms with van der Waals surface area (Å²) in [5.41, 5.74) is 8.21. The van der Waals surface area contributed by atoms with Gasteiger partial charge in [-0.25, -0.2) is 9.67 Å². The maximum Gasteiger partial charge on any atom is 0.138 e. The lowest BCUT2D eigenvalue weighted by Gasteiger charge is -2.06. The van der Waals surface area contributed by atoms with E-state index in [1.165, 1.54) is 5.56 Å². The van der Waals surface area contributed by atoms with Crippen molar-refractivity contribution in [2.75, 3.05) is 5.73 Å². The molecule has 0 amide bonds. The third-order valence-corrected chi connectivity index (χ3v) is 2.82. The summed E-state index contributed by atoms with van der Waals surface area (Å²) in [6.07, 6.45) is 5.17. The first-order chi connectivity index (χ1) is 7.34. The van der Waals surface area contributed by atoms with Crippen LogP contribution in [0.25, 0.3) is 0 Å². The van der Waals surface area contributed by atoms with Crippen molar-refractivity contribution in [2.45, 2.75) is 18.9 Å². The first kappa shape index (κ1) is 8.34. The minimum absolute atomic E-state index is 0.279. The van der Waals surface area contributed by atoms with Gasteiger partial charge in [0.2, 0.25) is 0 Å². The van der Waals surface area contributed by atoms with Gasteiger partial charge >= 0.3 is 0 Å². The van der Waals surface area contributed by atoms with Crippen molar-refractivity contribution in [3.8, 4) is 0 Å². The number of aromatic nitrogens is 5. The summed E-state index contributed by atoms with van der Waals surface area (Å²) in [5, 5.41) is 11.2. The van der Waals surface area contributed by atoms with Gasteiger partial charge in [-0.15, -0.1) is 5.10 Å². The highest BCUT2D eigenvalue weighted by Crippen LogP contribution is 2.31. The van der Waals surface area contributed by atoms with Crippen LogP contribution in [0.4, 0.5) is 5.82 Å². The zero-order valence-corrected chi connectivity index (χ0v) is 8.04. The second kappa shape index (κ2) is 3.01. The molecule has 1 unspecified atom stereocenters. The van der Waals surface area contributed by atoms with Crippen LogP contribution in [-0.4, -0.2) is 25.2 Å². The van der Waals surface area contributed by atoms with Gasteiger partial charge in [-0.3, -0.25) is 0 Å². The third-order valence-electron chi connectivity index (χ3n) is 2.82. The summed E-state index contributed by atoms with van der Waals surface area (Å²) in [7, 11) is 0. The quantitative estimate of drug-likeness (QED) is 0.703. The number of nitrogens with zero attached hydrogens (tertiary/aromatic N) is 5. The van der Waals surface area contributed by atoms with Crippen molar-refractivity contribution >= 4 is 5.82 Å². The maximum absolute atomic E-state index is 5.82. The van der Waals surface area contributed by atoms with Crippen molar-refractivity contribution < 1.29 is 0 Å². The molecule has 0 spiro atoms. The van der Waals surface area contributed by atoms with Crippen LogP contribution >= 0.6 is 0 Å². The van der Waals surface area contributed by atoms with Crippen molar-refractivity contribution in [2.24, 2.45) is 0 Å². The molecule has 2 N–H and O–H groups in total. The smallest absolute Gasteiger partial charge is 0.138 e. The molecule has 1 aliphatic rings. The Hall–Kier alpha value is -1.98. The molecule has 0 aromatic carbocycles. The van der Waals surface area contributed by atoms with E-state index in [9.17, 15) is 0 Å². The highest BCUT2D eigenvalue weighted by molar-refractivity contribution is 5.47. The van der Waals surface area contributed by atoms with Gasteiger partial charge in [-0.05, 0) is 40.5 Å². The molecule has 1 aliphatic carbocycles. The Balaban J connectivity index is 1.96. The first-order valence-corrected chi connectivity index (χ1v) is 4.79. The van der Waals surface area contributed by atoms with E-state index >= 15 is 0 Å². The molecule has 0 fully saturated rings. The van der Waals surface area contributed by atoms with E-state index in [1.54, 1.807) is 17.2 Å². The Labute approximate surface area is 86.1 Å². The lowest BCUT2D eigenvalue weighted by molar-refractivity contribution is 0.461. The second-order valence-electron chi connectivity index (χ2n) is 3.69. The molecule has 0 aliphatic heterocycles. The molecule has 2 heterocycles. The lowest BCUT2D eigenvalue weighted by atomic mass is 10.2. The molecule has 0 radical (unpaired) electrons. The van der Waals surface area contributed by atoms with Gasteiger partial charge in [0.05, 0.1) is 6.04 Å². The highest BCUT2D eigenvalue weighted by Gasteiger charge is 2.25. The van der Waals surface area contributed by atoms with Gasteiger partial charge in [0, 0.05) is 6.20 Å². The minimum atomic E-state index is 0.279. The van der Waals surface area contributed by atoms with E-state index in [4.69, 9.17) is 5.73 Å². The molecule has 2 aromatic heterocycles. The fraction of sp³-hybridized carbons (Fsp3) is 0.333. The molecular weight excluding hydrogens is 192 g/mol. The number of hydrogen-bond acceptors (Lipinski definition) is 5. The van der Waals surface area contributed by atoms with Gasteiger partial charge in [0.1, 0.15) is 12.1 Å². The van der Waals surface area contributed by atoms with Crippen LogP contribution in [0.5, 0.6) is 0 Å². The molecule has 0 saturated carbocycles. The fourth-order valence-corrected chi connectivity index (χ4v) is 2.06. The number of anilines is 1. The number of tetrazole rings is 1. The van der Waals surface area contributed by atoms with E-state index in [0.717, 1.165) is 18.4 Å². The molecule has 6 nitrogen and oxygen atoms in total. The van der Waals surface area contributed by atoms with E-state index < -0.39 is 0 Å². The second-order valence-corrected chi connectivity index (χ2v) is 3.69. The van der Waals surface area contributed by atoms with Crippen LogP contribution in [0.1, 0.15) is 17.2 Å². The van der Waals surface area contributed by atoms with Crippen LogP contribution in [0.15, 0.2) is 18.6 Å². The SMILES string of the molecule is Nc1nccc2c1CC(n1cnnn1)C2. The van der Waals surface area contributed by atoms with Crippen LogP contribution in [0.2, 0.25) is 0 Å². The zero-order valence-electron chi connectivity index (χ0n) is 8.04. The number of nitrogen functional groups attached to an aromatic ring is 1. The topological polar surface area (TPSA) is 82.5 Å². The van der Waals surface area contributed by atoms with Crippen LogP contribution < -0.4 is 5.73 Å². The third kappa shape index (κ3) is 1.25. The average molecular weight is 202 g/mol. The molecule has 15 heavy (non-hydrogen) atoms. The predicted molar refractivity (Wildman–Crippen MR) is 52.9 cm³/mol. The number of hydrogen-bond donors (Lipinski definition) is 1. The Kier molecular flexibility index (Phi) is 1.67. The molecule has 0 bridgehead atoms. The van der Waals surface area contributed by atoms with E-state index in [1.807, 2.05) is 6.07 Å². The summed E-state index contributed by atoms with van der Waals surface area (Å²) in [6.45, 7) is 0. The van der Waals surface area contributed by atoms with Gasteiger partial charge in [-0.2, -0.15) is 0 Å². The fourth-order valence-electron chi connectivity index (χ4n) is 2.06. The van der Waals surface area contributed by atoms with Crippen molar-refractivity contribution in [3.05, 3.63) is 29.7 Å². The van der Waals surface area contributed by atoms with Crippen LogP contribution in [-0.2, 0) is 12.8 Å². The highest BCUT2D eigenvalue weighted by atomic mass is 15.5. The molecule has 3 rings (SSSR count). The van der Waals surface area contributed by atoms with Crippen molar-refractivity contribution in [3.63, 3.8) is 0 Å². The Bertz CT molecular complexity index is 477. The van der Waals surface area contributed by atoms with E-state index in [-0.39, 0.29) is 6.04 Å². The summed E-state index contributed by atoms with van der Waals surface area (Å²) in [6, 6.07) is 2.29. The Morgan fingerprint density at radius 2 is 2.33 bits per heavy atom.